The molecule has 8 heteroatoms. The average molecular weight is 639 g/mol. The van der Waals surface area contributed by atoms with Gasteiger partial charge < -0.3 is 9.47 Å². The molecule has 0 unspecified atom stereocenters. The van der Waals surface area contributed by atoms with E-state index in [0.717, 1.165) is 31.7 Å². The molecule has 1 aliphatic heterocycles. The van der Waals surface area contributed by atoms with Crippen molar-refractivity contribution < 1.29 is 23.5 Å². The molecule has 5 rings (SSSR count). The summed E-state index contributed by atoms with van der Waals surface area (Å²) in [6.07, 6.45) is 1.69. The number of carbonyl (C=O) groups is 2. The molecule has 1 aliphatic rings. The first-order chi connectivity index (χ1) is 18.4. The van der Waals surface area contributed by atoms with Crippen molar-refractivity contribution >= 4 is 62.3 Å². The van der Waals surface area contributed by atoms with Crippen LogP contribution >= 0.6 is 34.4 Å². The van der Waals surface area contributed by atoms with E-state index in [1.807, 2.05) is 55.5 Å². The number of benzene rings is 4. The van der Waals surface area contributed by atoms with Crippen LogP contribution in [0.5, 0.6) is 11.5 Å². The number of imide groups is 1. The molecule has 2 amide bonds. The van der Waals surface area contributed by atoms with Gasteiger partial charge >= 0.3 is 0 Å². The molecule has 38 heavy (non-hydrogen) atoms. The minimum Gasteiger partial charge on any atom is -0.490 e. The molecule has 1 fully saturated rings. The second kappa shape index (κ2) is 11.6. The lowest BCUT2D eigenvalue weighted by Crippen LogP contribution is -2.27. The van der Waals surface area contributed by atoms with Crippen LogP contribution in [-0.2, 0) is 17.9 Å². The topological polar surface area (TPSA) is 55.8 Å². The van der Waals surface area contributed by atoms with E-state index in [4.69, 9.17) is 9.47 Å². The van der Waals surface area contributed by atoms with E-state index in [-0.39, 0.29) is 30.1 Å². The van der Waals surface area contributed by atoms with Gasteiger partial charge in [-0.2, -0.15) is 0 Å². The number of nitrogens with zero attached hydrogens (tertiary/aromatic N) is 1. The Morgan fingerprint density at radius 2 is 1.68 bits per heavy atom. The van der Waals surface area contributed by atoms with Crippen molar-refractivity contribution in [3.63, 3.8) is 0 Å². The second-order valence-electron chi connectivity index (χ2n) is 8.55. The van der Waals surface area contributed by atoms with Crippen LogP contribution in [0.2, 0.25) is 0 Å². The van der Waals surface area contributed by atoms with E-state index in [0.29, 0.717) is 34.1 Å². The predicted molar refractivity (Wildman–Crippen MR) is 157 cm³/mol. The Hall–Kier alpha value is -3.37. The van der Waals surface area contributed by atoms with Gasteiger partial charge in [0.25, 0.3) is 11.1 Å². The molecule has 0 spiro atoms. The highest BCUT2D eigenvalue weighted by Crippen LogP contribution is 2.38. The summed E-state index contributed by atoms with van der Waals surface area (Å²) in [5, 5.41) is 1.77. The number of hydrogen-bond donors (Lipinski definition) is 0. The summed E-state index contributed by atoms with van der Waals surface area (Å²) >= 11 is 3.05. The van der Waals surface area contributed by atoms with Gasteiger partial charge in [-0.25, -0.2) is 4.39 Å². The van der Waals surface area contributed by atoms with Gasteiger partial charge in [-0.3, -0.25) is 14.5 Å². The van der Waals surface area contributed by atoms with Crippen molar-refractivity contribution in [3.8, 4) is 11.5 Å². The summed E-state index contributed by atoms with van der Waals surface area (Å²) in [6.45, 7) is 2.51. The van der Waals surface area contributed by atoms with Crippen LogP contribution in [0.25, 0.3) is 16.8 Å². The molecule has 5 nitrogen and oxygen atoms in total. The van der Waals surface area contributed by atoms with Crippen LogP contribution < -0.4 is 9.47 Å². The molecule has 0 aliphatic carbocycles. The molecule has 1 heterocycles. The zero-order valence-corrected chi connectivity index (χ0v) is 23.4. The fraction of sp³-hybridized carbons (Fsp3) is 0.133. The Labute approximate surface area is 237 Å². The monoisotopic (exact) mass is 639 g/mol. The maximum atomic E-state index is 14.1. The molecule has 4 aromatic rings. The highest BCUT2D eigenvalue weighted by atomic mass is 127. The second-order valence-corrected chi connectivity index (χ2v) is 10.7. The quantitative estimate of drug-likeness (QED) is 0.146. The number of halogens is 2. The highest BCUT2D eigenvalue weighted by molar-refractivity contribution is 14.1. The Balaban J connectivity index is 1.39. The standard InChI is InChI=1S/C30H23FINO4S/c1-2-36-26-15-19(14-25(32)28(26)37-18-22-9-4-6-13-24(22)31)16-27-29(34)33(30(35)38-27)17-21-11-7-10-20-8-3-5-12-23(20)21/h3-16H,2,17-18H2,1H3/b27-16+. The molecule has 0 N–H and O–H groups in total. The summed E-state index contributed by atoms with van der Waals surface area (Å²) in [7, 11) is 0. The van der Waals surface area contributed by atoms with Gasteiger partial charge in [0.15, 0.2) is 11.5 Å². The first-order valence-electron chi connectivity index (χ1n) is 12.0. The number of rotatable bonds is 8. The summed E-state index contributed by atoms with van der Waals surface area (Å²) in [4.78, 5) is 27.7. The normalized spacial score (nSPS) is 14.5. The fourth-order valence-electron chi connectivity index (χ4n) is 4.23. The zero-order chi connectivity index (χ0) is 26.6. The Kier molecular flexibility index (Phi) is 7.99. The molecule has 0 bridgehead atoms. The average Bonchev–Trinajstić information content (AvgIpc) is 3.16. The van der Waals surface area contributed by atoms with Gasteiger partial charge in [-0.1, -0.05) is 60.7 Å². The number of thioether (sulfide) groups is 1. The van der Waals surface area contributed by atoms with Crippen LogP contribution in [-0.4, -0.2) is 22.7 Å². The van der Waals surface area contributed by atoms with E-state index in [9.17, 15) is 14.0 Å². The molecule has 4 aromatic carbocycles. The molecular formula is C30H23FINO4S. The van der Waals surface area contributed by atoms with E-state index < -0.39 is 0 Å². The Bertz CT molecular complexity index is 1570. The number of ether oxygens (including phenoxy) is 2. The molecule has 0 aromatic heterocycles. The van der Waals surface area contributed by atoms with Crippen LogP contribution in [0.4, 0.5) is 9.18 Å². The van der Waals surface area contributed by atoms with Crippen LogP contribution in [0.1, 0.15) is 23.6 Å². The SMILES string of the molecule is CCOc1cc(/C=C2/SC(=O)N(Cc3cccc4ccccc34)C2=O)cc(I)c1OCc1ccccc1F. The molecule has 0 radical (unpaired) electrons. The first-order valence-corrected chi connectivity index (χ1v) is 13.9. The lowest BCUT2D eigenvalue weighted by Gasteiger charge is -2.15. The van der Waals surface area contributed by atoms with Crippen molar-refractivity contribution in [3.05, 3.63) is 110 Å². The largest absolute Gasteiger partial charge is 0.490 e. The first kappa shape index (κ1) is 26.2. The van der Waals surface area contributed by atoms with E-state index in [1.54, 1.807) is 30.3 Å². The van der Waals surface area contributed by atoms with E-state index in [1.165, 1.54) is 11.0 Å². The molecule has 1 saturated heterocycles. The minimum atomic E-state index is -0.337. The zero-order valence-electron chi connectivity index (χ0n) is 20.4. The predicted octanol–water partition coefficient (Wildman–Crippen LogP) is 7.80. The van der Waals surface area contributed by atoms with Crippen molar-refractivity contribution in [2.75, 3.05) is 6.61 Å². The van der Waals surface area contributed by atoms with Gasteiger partial charge in [-0.15, -0.1) is 0 Å². The Morgan fingerprint density at radius 1 is 0.947 bits per heavy atom. The summed E-state index contributed by atoms with van der Waals surface area (Å²) in [5.41, 5.74) is 2.05. The number of amides is 2. The van der Waals surface area contributed by atoms with Gasteiger partial charge in [0.2, 0.25) is 0 Å². The van der Waals surface area contributed by atoms with Crippen molar-refractivity contribution in [2.45, 2.75) is 20.1 Å². The molecule has 0 atom stereocenters. The van der Waals surface area contributed by atoms with Gasteiger partial charge in [-0.05, 0) is 87.5 Å². The molecule has 192 valence electrons. The minimum absolute atomic E-state index is 0.0507. The Morgan fingerprint density at radius 3 is 2.50 bits per heavy atom. The third-order valence-electron chi connectivity index (χ3n) is 6.04. The lowest BCUT2D eigenvalue weighted by molar-refractivity contribution is -0.123. The van der Waals surface area contributed by atoms with Crippen LogP contribution in [0.3, 0.4) is 0 Å². The number of fused-ring (bicyclic) bond motifs is 1. The van der Waals surface area contributed by atoms with E-state index >= 15 is 0 Å². The summed E-state index contributed by atoms with van der Waals surface area (Å²) in [6, 6.07) is 23.8. The van der Waals surface area contributed by atoms with Crippen molar-refractivity contribution in [2.24, 2.45) is 0 Å². The number of carbonyl (C=O) groups excluding carboxylic acids is 2. The van der Waals surface area contributed by atoms with Crippen LogP contribution in [0, 0.1) is 9.39 Å². The van der Waals surface area contributed by atoms with E-state index in [2.05, 4.69) is 22.6 Å². The maximum Gasteiger partial charge on any atom is 0.293 e. The van der Waals surface area contributed by atoms with Gasteiger partial charge in [0.1, 0.15) is 12.4 Å². The summed E-state index contributed by atoms with van der Waals surface area (Å²) < 4.78 is 26.6. The highest BCUT2D eigenvalue weighted by Gasteiger charge is 2.35. The fourth-order valence-corrected chi connectivity index (χ4v) is 5.85. The van der Waals surface area contributed by atoms with Gasteiger partial charge in [0, 0.05) is 5.56 Å². The summed E-state index contributed by atoms with van der Waals surface area (Å²) in [5.74, 6) is 0.311. The lowest BCUT2D eigenvalue weighted by atomic mass is 10.0. The van der Waals surface area contributed by atoms with Crippen molar-refractivity contribution in [1.29, 1.82) is 0 Å². The maximum absolute atomic E-state index is 14.1. The van der Waals surface area contributed by atoms with Crippen molar-refractivity contribution in [1.82, 2.24) is 4.90 Å². The van der Waals surface area contributed by atoms with Gasteiger partial charge in [0.05, 0.1) is 21.6 Å². The number of hydrogen-bond acceptors (Lipinski definition) is 5. The third kappa shape index (κ3) is 5.56. The smallest absolute Gasteiger partial charge is 0.293 e. The third-order valence-corrected chi connectivity index (χ3v) is 7.75. The molecular weight excluding hydrogens is 616 g/mol. The molecule has 0 saturated carbocycles. The van der Waals surface area contributed by atoms with Crippen LogP contribution in [0.15, 0.2) is 83.8 Å².